The van der Waals surface area contributed by atoms with E-state index in [1.807, 2.05) is 0 Å². The van der Waals surface area contributed by atoms with Crippen LogP contribution in [0.2, 0.25) is 0 Å². The molecule has 0 saturated heterocycles. The Balaban J connectivity index is 2.66. The van der Waals surface area contributed by atoms with Gasteiger partial charge in [0.1, 0.15) is 0 Å². The average Bonchev–Trinajstić information content (AvgIpc) is 2.71. The molecule has 17 heavy (non-hydrogen) atoms. The van der Waals surface area contributed by atoms with Crippen LogP contribution in [0.4, 0.5) is 0 Å². The fourth-order valence-electron chi connectivity index (χ4n) is 1.51. The van der Waals surface area contributed by atoms with Crippen LogP contribution in [-0.2, 0) is 4.74 Å². The van der Waals surface area contributed by atoms with E-state index in [2.05, 4.69) is 21.0 Å². The van der Waals surface area contributed by atoms with Crippen LogP contribution in [0.3, 0.4) is 0 Å². The lowest BCUT2D eigenvalue weighted by Gasteiger charge is -2.05. The monoisotopic (exact) mass is 296 g/mol. The van der Waals surface area contributed by atoms with Crippen molar-refractivity contribution in [2.24, 2.45) is 0 Å². The first-order valence-electron chi connectivity index (χ1n) is 4.97. The Labute approximate surface area is 106 Å². The summed E-state index contributed by atoms with van der Waals surface area (Å²) in [7, 11) is 0. The van der Waals surface area contributed by atoms with Gasteiger partial charge in [0.2, 0.25) is 0 Å². The smallest absolute Gasteiger partial charge is 0.357 e. The zero-order chi connectivity index (χ0) is 12.4. The molecule has 0 fully saturated rings. The van der Waals surface area contributed by atoms with E-state index in [9.17, 15) is 9.59 Å². The number of aromatic nitrogens is 2. The third kappa shape index (κ3) is 2.08. The van der Waals surface area contributed by atoms with E-state index in [1.54, 1.807) is 19.1 Å². The molecule has 0 unspecified atom stereocenters. The fraction of sp³-hybridized carbons (Fsp3) is 0.182. The molecule has 0 amide bonds. The first-order valence-corrected chi connectivity index (χ1v) is 5.76. The normalized spacial score (nSPS) is 10.5. The molecule has 0 atom stereocenters. The molecule has 2 aromatic heterocycles. The number of aldehydes is 1. The molecule has 2 rings (SSSR count). The zero-order valence-corrected chi connectivity index (χ0v) is 10.6. The number of esters is 1. The number of carbonyl (C=O) groups excluding carboxylic acids is 2. The van der Waals surface area contributed by atoms with Crippen molar-refractivity contribution in [2.75, 3.05) is 6.61 Å². The summed E-state index contributed by atoms with van der Waals surface area (Å²) in [5.41, 5.74) is 1.28. The Morgan fingerprint density at radius 1 is 1.59 bits per heavy atom. The molecule has 2 heterocycles. The number of fused-ring (bicyclic) bond motifs is 1. The minimum atomic E-state index is -0.473. The summed E-state index contributed by atoms with van der Waals surface area (Å²) in [6, 6.07) is 3.33. The van der Waals surface area contributed by atoms with Gasteiger partial charge in [-0.2, -0.15) is 5.10 Å². The number of ether oxygens (including phenoxy) is 1. The summed E-state index contributed by atoms with van der Waals surface area (Å²) in [6.07, 6.45) is 2.11. The number of halogens is 1. The summed E-state index contributed by atoms with van der Waals surface area (Å²) in [5.74, 6) is -0.473. The van der Waals surface area contributed by atoms with Crippen LogP contribution in [-0.4, -0.2) is 28.5 Å². The van der Waals surface area contributed by atoms with Crippen LogP contribution in [0.5, 0.6) is 0 Å². The maximum absolute atomic E-state index is 11.7. The molecule has 0 radical (unpaired) electrons. The zero-order valence-electron chi connectivity index (χ0n) is 9.01. The van der Waals surface area contributed by atoms with E-state index in [-0.39, 0.29) is 12.3 Å². The van der Waals surface area contributed by atoms with Crippen LogP contribution in [0.25, 0.3) is 5.52 Å². The van der Waals surface area contributed by atoms with E-state index in [1.165, 1.54) is 10.7 Å². The predicted molar refractivity (Wildman–Crippen MR) is 64.2 cm³/mol. The first-order chi connectivity index (χ1) is 8.17. The Bertz CT molecular complexity index is 592. The van der Waals surface area contributed by atoms with Gasteiger partial charge in [0.05, 0.1) is 23.9 Å². The van der Waals surface area contributed by atoms with E-state index in [0.29, 0.717) is 21.8 Å². The molecule has 0 saturated carbocycles. The van der Waals surface area contributed by atoms with Gasteiger partial charge in [0.15, 0.2) is 12.0 Å². The Hall–Kier alpha value is -1.69. The number of nitrogens with zero attached hydrogens (tertiary/aromatic N) is 2. The van der Waals surface area contributed by atoms with Gasteiger partial charge in [-0.3, -0.25) is 4.79 Å². The highest BCUT2D eigenvalue weighted by atomic mass is 79.9. The molecule has 5 nitrogen and oxygen atoms in total. The molecule has 6 heteroatoms. The minimum absolute atomic E-state index is 0.282. The van der Waals surface area contributed by atoms with Crippen molar-refractivity contribution >= 4 is 33.7 Å². The van der Waals surface area contributed by atoms with E-state index >= 15 is 0 Å². The van der Waals surface area contributed by atoms with Crippen molar-refractivity contribution in [3.8, 4) is 0 Å². The van der Waals surface area contributed by atoms with Gasteiger partial charge in [0, 0.05) is 4.47 Å². The van der Waals surface area contributed by atoms with E-state index in [4.69, 9.17) is 4.74 Å². The van der Waals surface area contributed by atoms with E-state index in [0.717, 1.165) is 0 Å². The minimum Gasteiger partial charge on any atom is -0.461 e. The molecular weight excluding hydrogens is 288 g/mol. The van der Waals surface area contributed by atoms with Gasteiger partial charge in [-0.1, -0.05) is 15.9 Å². The van der Waals surface area contributed by atoms with Gasteiger partial charge in [-0.25, -0.2) is 9.31 Å². The number of carbonyl (C=O) groups is 2. The molecule has 0 aliphatic carbocycles. The molecule has 0 aromatic carbocycles. The van der Waals surface area contributed by atoms with Gasteiger partial charge in [0.25, 0.3) is 0 Å². The Kier molecular flexibility index (Phi) is 3.23. The SMILES string of the molecule is CCOC(=O)c1cc(Br)cc2c(C=O)cnn12. The van der Waals surface area contributed by atoms with Crippen LogP contribution < -0.4 is 0 Å². The van der Waals surface area contributed by atoms with Crippen molar-refractivity contribution in [3.05, 3.63) is 34.1 Å². The highest BCUT2D eigenvalue weighted by molar-refractivity contribution is 9.10. The maximum Gasteiger partial charge on any atom is 0.357 e. The van der Waals surface area contributed by atoms with Gasteiger partial charge in [-0.15, -0.1) is 0 Å². The van der Waals surface area contributed by atoms with Crippen LogP contribution in [0, 0.1) is 0 Å². The molecular formula is C11H9BrN2O3. The molecule has 2 aromatic rings. The second kappa shape index (κ2) is 4.67. The van der Waals surface area contributed by atoms with Crippen LogP contribution in [0.1, 0.15) is 27.8 Å². The summed E-state index contributed by atoms with van der Waals surface area (Å²) < 4.78 is 7.01. The van der Waals surface area contributed by atoms with Crippen molar-refractivity contribution in [1.82, 2.24) is 9.61 Å². The Morgan fingerprint density at radius 3 is 3.00 bits per heavy atom. The summed E-state index contributed by atoms with van der Waals surface area (Å²) in [6.45, 7) is 2.02. The lowest BCUT2D eigenvalue weighted by molar-refractivity contribution is 0.0516. The first kappa shape index (κ1) is 11.8. The van der Waals surface area contributed by atoms with Gasteiger partial charge < -0.3 is 4.74 Å². The second-order valence-electron chi connectivity index (χ2n) is 3.29. The molecule has 0 bridgehead atoms. The highest BCUT2D eigenvalue weighted by Crippen LogP contribution is 2.19. The summed E-state index contributed by atoms with van der Waals surface area (Å²) in [5, 5.41) is 4.00. The van der Waals surface area contributed by atoms with Crippen molar-refractivity contribution in [1.29, 1.82) is 0 Å². The summed E-state index contributed by atoms with van der Waals surface area (Å²) in [4.78, 5) is 22.5. The number of hydrogen-bond acceptors (Lipinski definition) is 4. The third-order valence-electron chi connectivity index (χ3n) is 2.23. The molecule has 0 spiro atoms. The topological polar surface area (TPSA) is 60.7 Å². The largest absolute Gasteiger partial charge is 0.461 e. The lowest BCUT2D eigenvalue weighted by Crippen LogP contribution is -2.11. The third-order valence-corrected chi connectivity index (χ3v) is 2.68. The molecule has 0 aliphatic heterocycles. The standard InChI is InChI=1S/C11H9BrN2O3/c1-2-17-11(16)10-4-8(12)3-9-7(6-15)5-13-14(9)10/h3-6H,2H2,1H3. The Morgan fingerprint density at radius 2 is 2.35 bits per heavy atom. The molecule has 0 N–H and O–H groups in total. The van der Waals surface area contributed by atoms with Gasteiger partial charge >= 0.3 is 5.97 Å². The predicted octanol–water partition coefficient (Wildman–Crippen LogP) is 2.09. The van der Waals surface area contributed by atoms with Crippen molar-refractivity contribution in [3.63, 3.8) is 0 Å². The second-order valence-corrected chi connectivity index (χ2v) is 4.21. The number of pyridine rings is 1. The van der Waals surface area contributed by atoms with Gasteiger partial charge in [-0.05, 0) is 19.1 Å². The molecule has 0 aliphatic rings. The van der Waals surface area contributed by atoms with E-state index < -0.39 is 5.97 Å². The average molecular weight is 297 g/mol. The van der Waals surface area contributed by atoms with Crippen molar-refractivity contribution in [2.45, 2.75) is 6.92 Å². The highest BCUT2D eigenvalue weighted by Gasteiger charge is 2.15. The van der Waals surface area contributed by atoms with Crippen LogP contribution >= 0.6 is 15.9 Å². The quantitative estimate of drug-likeness (QED) is 0.643. The lowest BCUT2D eigenvalue weighted by atomic mass is 10.2. The summed E-state index contributed by atoms with van der Waals surface area (Å²) >= 11 is 3.29. The van der Waals surface area contributed by atoms with Crippen LogP contribution in [0.15, 0.2) is 22.8 Å². The fourth-order valence-corrected chi connectivity index (χ4v) is 1.95. The number of rotatable bonds is 3. The maximum atomic E-state index is 11.7. The molecule has 88 valence electrons. The number of hydrogen-bond donors (Lipinski definition) is 0. The van der Waals surface area contributed by atoms with Crippen molar-refractivity contribution < 1.29 is 14.3 Å².